The van der Waals surface area contributed by atoms with Crippen LogP contribution in [-0.2, 0) is 16.7 Å². The fourth-order valence-corrected chi connectivity index (χ4v) is 6.01. The first-order valence-electron chi connectivity index (χ1n) is 10.6. The van der Waals surface area contributed by atoms with E-state index in [1.165, 1.54) is 36.3 Å². The molecule has 2 fully saturated rings. The van der Waals surface area contributed by atoms with E-state index in [-0.39, 0.29) is 11.0 Å². The number of ether oxygens (including phenoxy) is 2. The second-order valence-corrected chi connectivity index (χ2v) is 9.35. The smallest absolute Gasteiger partial charge is 0.134 e. The lowest BCUT2D eigenvalue weighted by atomic mass is 9.69. The van der Waals surface area contributed by atoms with Crippen LogP contribution in [0.3, 0.4) is 0 Å². The molecule has 2 aliphatic rings. The van der Waals surface area contributed by atoms with Gasteiger partial charge in [-0.2, -0.15) is 0 Å². The van der Waals surface area contributed by atoms with Crippen molar-refractivity contribution in [2.24, 2.45) is 0 Å². The Kier molecular flexibility index (Phi) is 6.34. The molecule has 1 unspecified atom stereocenters. The minimum atomic E-state index is 0.0744. The van der Waals surface area contributed by atoms with Gasteiger partial charge in [0.05, 0.1) is 17.6 Å². The van der Waals surface area contributed by atoms with E-state index in [1.54, 1.807) is 18.4 Å². The van der Waals surface area contributed by atoms with Crippen LogP contribution in [0.1, 0.15) is 61.9 Å². The zero-order valence-corrected chi connectivity index (χ0v) is 17.7. The van der Waals surface area contributed by atoms with Crippen molar-refractivity contribution < 1.29 is 9.47 Å². The van der Waals surface area contributed by atoms with Gasteiger partial charge in [-0.15, -0.1) is 11.3 Å². The quantitative estimate of drug-likeness (QED) is 0.658. The van der Waals surface area contributed by atoms with Crippen LogP contribution in [-0.4, -0.2) is 30.8 Å². The highest BCUT2D eigenvalue weighted by Gasteiger charge is 2.46. The van der Waals surface area contributed by atoms with Crippen molar-refractivity contribution in [1.29, 1.82) is 0 Å². The molecule has 1 aliphatic carbocycles. The van der Waals surface area contributed by atoms with Gasteiger partial charge >= 0.3 is 0 Å². The molecule has 0 aromatic carbocycles. The van der Waals surface area contributed by atoms with Crippen molar-refractivity contribution in [2.45, 2.75) is 68.9 Å². The van der Waals surface area contributed by atoms with E-state index in [0.717, 1.165) is 51.1 Å². The summed E-state index contributed by atoms with van der Waals surface area (Å²) >= 11 is 1.75. The Bertz CT molecular complexity index is 742. The van der Waals surface area contributed by atoms with Crippen LogP contribution in [0.2, 0.25) is 0 Å². The molecule has 1 spiro atoms. The number of thiophene rings is 1. The average molecular weight is 401 g/mol. The van der Waals surface area contributed by atoms with Crippen molar-refractivity contribution in [2.75, 3.05) is 20.3 Å². The Labute approximate surface area is 172 Å². The van der Waals surface area contributed by atoms with Crippen LogP contribution >= 0.6 is 11.3 Å². The molecule has 0 radical (unpaired) electrons. The summed E-state index contributed by atoms with van der Waals surface area (Å²) in [5.74, 6) is 0.990. The fraction of sp³-hybridized carbons (Fsp3) is 0.609. The summed E-state index contributed by atoms with van der Waals surface area (Å²) in [5, 5.41) is 5.76. The predicted octanol–water partition coefficient (Wildman–Crippen LogP) is 5.08. The molecule has 1 N–H and O–H groups in total. The monoisotopic (exact) mass is 400 g/mol. The van der Waals surface area contributed by atoms with E-state index in [9.17, 15) is 0 Å². The van der Waals surface area contributed by atoms with Crippen molar-refractivity contribution in [3.05, 3.63) is 46.4 Å². The number of aromatic nitrogens is 1. The van der Waals surface area contributed by atoms with Crippen molar-refractivity contribution in [3.8, 4) is 5.75 Å². The Morgan fingerprint density at radius 1 is 1.18 bits per heavy atom. The van der Waals surface area contributed by atoms with Crippen LogP contribution in [0.5, 0.6) is 5.75 Å². The largest absolute Gasteiger partial charge is 0.496 e. The molecule has 0 amide bonds. The Hall–Kier alpha value is -1.43. The molecule has 1 saturated heterocycles. The predicted molar refractivity (Wildman–Crippen MR) is 114 cm³/mol. The second-order valence-electron chi connectivity index (χ2n) is 8.35. The van der Waals surface area contributed by atoms with Crippen LogP contribution < -0.4 is 10.1 Å². The standard InChI is InChI=1S/C23H32N2O2S/c1-26-19-8-16-28-20(19)17-24-14-12-22(21-7-2-5-13-25-21)9-6-15-27-23(18-22)10-3-4-11-23/h2,5,7-8,13,16,24H,3-4,6,9-12,14-15,17-18H2,1H3. The molecule has 5 heteroatoms. The maximum Gasteiger partial charge on any atom is 0.134 e. The molecule has 1 aliphatic heterocycles. The molecule has 4 rings (SSSR count). The van der Waals surface area contributed by atoms with E-state index < -0.39 is 0 Å². The lowest BCUT2D eigenvalue weighted by Crippen LogP contribution is -2.40. The zero-order chi connectivity index (χ0) is 19.3. The van der Waals surface area contributed by atoms with E-state index >= 15 is 0 Å². The van der Waals surface area contributed by atoms with Crippen molar-refractivity contribution in [3.63, 3.8) is 0 Å². The Morgan fingerprint density at radius 3 is 2.86 bits per heavy atom. The highest BCUT2D eigenvalue weighted by Crippen LogP contribution is 2.48. The summed E-state index contributed by atoms with van der Waals surface area (Å²) in [6.07, 6.45) is 11.5. The van der Waals surface area contributed by atoms with Gasteiger partial charge in [-0.25, -0.2) is 0 Å². The lowest BCUT2D eigenvalue weighted by molar-refractivity contribution is -0.0460. The molecule has 2 aromatic rings. The minimum absolute atomic E-state index is 0.0744. The molecule has 152 valence electrons. The van der Waals surface area contributed by atoms with Gasteiger partial charge in [0.15, 0.2) is 0 Å². The van der Waals surface area contributed by atoms with Crippen molar-refractivity contribution >= 4 is 11.3 Å². The topological polar surface area (TPSA) is 43.4 Å². The number of hydrogen-bond donors (Lipinski definition) is 1. The minimum Gasteiger partial charge on any atom is -0.496 e. The number of rotatable bonds is 7. The molecule has 2 aromatic heterocycles. The van der Waals surface area contributed by atoms with Crippen molar-refractivity contribution in [1.82, 2.24) is 10.3 Å². The summed E-state index contributed by atoms with van der Waals surface area (Å²) in [5.41, 5.74) is 1.43. The van der Waals surface area contributed by atoms with Crippen LogP contribution in [0.15, 0.2) is 35.8 Å². The third kappa shape index (κ3) is 4.27. The molecular formula is C23H32N2O2S. The third-order valence-corrected chi connectivity index (χ3v) is 7.48. The number of methoxy groups -OCH3 is 1. The summed E-state index contributed by atoms with van der Waals surface area (Å²) in [6, 6.07) is 8.44. The van der Waals surface area contributed by atoms with Gasteiger partial charge in [0.1, 0.15) is 5.75 Å². The zero-order valence-electron chi connectivity index (χ0n) is 16.9. The van der Waals surface area contributed by atoms with Gasteiger partial charge in [-0.1, -0.05) is 18.9 Å². The number of nitrogens with one attached hydrogen (secondary N) is 1. The number of hydrogen-bond acceptors (Lipinski definition) is 5. The molecule has 28 heavy (non-hydrogen) atoms. The van der Waals surface area contributed by atoms with Gasteiger partial charge in [-0.3, -0.25) is 4.98 Å². The van der Waals surface area contributed by atoms with Crippen LogP contribution in [0, 0.1) is 0 Å². The SMILES string of the molecule is COc1ccsc1CNCCC1(c2ccccn2)CCCOC2(CCCC2)C1. The van der Waals surface area contributed by atoms with E-state index in [0.29, 0.717) is 0 Å². The first-order valence-corrected chi connectivity index (χ1v) is 11.5. The van der Waals surface area contributed by atoms with Gasteiger partial charge in [0.25, 0.3) is 0 Å². The number of nitrogens with zero attached hydrogens (tertiary/aromatic N) is 1. The molecule has 0 bridgehead atoms. The lowest BCUT2D eigenvalue weighted by Gasteiger charge is -2.39. The Morgan fingerprint density at radius 2 is 2.07 bits per heavy atom. The Balaban J connectivity index is 1.49. The highest BCUT2D eigenvalue weighted by atomic mass is 32.1. The summed E-state index contributed by atoms with van der Waals surface area (Å²) in [6.45, 7) is 2.74. The van der Waals surface area contributed by atoms with E-state index in [1.807, 2.05) is 18.3 Å². The maximum atomic E-state index is 6.46. The second kappa shape index (κ2) is 8.93. The van der Waals surface area contributed by atoms with Crippen LogP contribution in [0.4, 0.5) is 0 Å². The van der Waals surface area contributed by atoms with Gasteiger partial charge in [-0.05, 0) is 68.6 Å². The molecular weight excluding hydrogens is 368 g/mol. The molecule has 3 heterocycles. The van der Waals surface area contributed by atoms with Gasteiger partial charge in [0, 0.05) is 30.5 Å². The first-order chi connectivity index (χ1) is 13.8. The maximum absolute atomic E-state index is 6.46. The highest BCUT2D eigenvalue weighted by molar-refractivity contribution is 7.10. The average Bonchev–Trinajstić information content (AvgIpc) is 3.33. The summed E-state index contributed by atoms with van der Waals surface area (Å²) in [4.78, 5) is 6.09. The molecule has 1 saturated carbocycles. The van der Waals surface area contributed by atoms with E-state index in [4.69, 9.17) is 14.5 Å². The first kappa shape index (κ1) is 19.9. The molecule has 4 nitrogen and oxygen atoms in total. The van der Waals surface area contributed by atoms with Crippen LogP contribution in [0.25, 0.3) is 0 Å². The fourth-order valence-electron chi connectivity index (χ4n) is 5.20. The summed E-state index contributed by atoms with van der Waals surface area (Å²) in [7, 11) is 1.74. The van der Waals surface area contributed by atoms with E-state index in [2.05, 4.69) is 22.8 Å². The number of pyridine rings is 1. The van der Waals surface area contributed by atoms with Gasteiger partial charge in [0.2, 0.25) is 0 Å². The van der Waals surface area contributed by atoms with Gasteiger partial charge < -0.3 is 14.8 Å². The molecule has 1 atom stereocenters. The third-order valence-electron chi connectivity index (χ3n) is 6.58. The normalized spacial score (nSPS) is 24.3. The summed E-state index contributed by atoms with van der Waals surface area (Å²) < 4.78 is 11.9.